The van der Waals surface area contributed by atoms with Crippen LogP contribution in [0, 0.1) is 11.3 Å². The summed E-state index contributed by atoms with van der Waals surface area (Å²) in [5, 5.41) is 8.27. The zero-order chi connectivity index (χ0) is 12.1. The molecule has 0 amide bonds. The summed E-state index contributed by atoms with van der Waals surface area (Å²) >= 11 is 0. The molecule has 0 aromatic heterocycles. The van der Waals surface area contributed by atoms with Crippen molar-refractivity contribution in [2.45, 2.75) is 32.6 Å². The van der Waals surface area contributed by atoms with Gasteiger partial charge in [-0.1, -0.05) is 43.7 Å². The number of nitrogens with zero attached hydrogens (tertiary/aromatic N) is 1. The molecule has 0 aliphatic carbocycles. The Morgan fingerprint density at radius 2 is 2.00 bits per heavy atom. The molecule has 0 spiro atoms. The van der Waals surface area contributed by atoms with Crippen molar-refractivity contribution < 1.29 is 0 Å². The van der Waals surface area contributed by atoms with Gasteiger partial charge in [0.05, 0.1) is 0 Å². The lowest BCUT2D eigenvalue weighted by Crippen LogP contribution is -2.32. The summed E-state index contributed by atoms with van der Waals surface area (Å²) < 4.78 is 0. The molecule has 0 radical (unpaired) electrons. The van der Waals surface area contributed by atoms with E-state index in [1.807, 2.05) is 30.3 Å². The van der Waals surface area contributed by atoms with E-state index in [4.69, 9.17) is 5.41 Å². The van der Waals surface area contributed by atoms with E-state index in [1.54, 1.807) is 0 Å². The van der Waals surface area contributed by atoms with E-state index in [0.717, 1.165) is 24.6 Å². The summed E-state index contributed by atoms with van der Waals surface area (Å²) in [5.74, 6) is 1.56. The van der Waals surface area contributed by atoms with Gasteiger partial charge in [-0.15, -0.1) is 0 Å². The van der Waals surface area contributed by atoms with Crippen molar-refractivity contribution >= 4 is 5.84 Å². The minimum atomic E-state index is 0.697. The maximum Gasteiger partial charge on any atom is 0.128 e. The average Bonchev–Trinajstić information content (AvgIpc) is 2.64. The molecule has 1 unspecified atom stereocenters. The highest BCUT2D eigenvalue weighted by Gasteiger charge is 2.18. The highest BCUT2D eigenvalue weighted by Crippen LogP contribution is 2.21. The van der Waals surface area contributed by atoms with Crippen LogP contribution in [0.5, 0.6) is 0 Å². The van der Waals surface area contributed by atoms with Gasteiger partial charge < -0.3 is 4.90 Å². The summed E-state index contributed by atoms with van der Waals surface area (Å²) in [6, 6.07) is 10.1. The second kappa shape index (κ2) is 5.85. The SMILES string of the molecule is CCC1CCCN(C(=N)c2ccccc2)CC1. The van der Waals surface area contributed by atoms with Crippen LogP contribution in [-0.4, -0.2) is 23.8 Å². The van der Waals surface area contributed by atoms with Gasteiger partial charge in [-0.2, -0.15) is 0 Å². The van der Waals surface area contributed by atoms with Gasteiger partial charge in [0.1, 0.15) is 5.84 Å². The van der Waals surface area contributed by atoms with Gasteiger partial charge in [-0.05, 0) is 25.2 Å². The van der Waals surface area contributed by atoms with E-state index in [1.165, 1.54) is 25.7 Å². The number of benzene rings is 1. The van der Waals surface area contributed by atoms with Gasteiger partial charge in [-0.25, -0.2) is 0 Å². The van der Waals surface area contributed by atoms with Gasteiger partial charge in [0.2, 0.25) is 0 Å². The molecule has 0 bridgehead atoms. The number of amidine groups is 1. The number of likely N-dealkylation sites (tertiary alicyclic amines) is 1. The van der Waals surface area contributed by atoms with Crippen LogP contribution < -0.4 is 0 Å². The van der Waals surface area contributed by atoms with Gasteiger partial charge in [0.25, 0.3) is 0 Å². The average molecular weight is 230 g/mol. The monoisotopic (exact) mass is 230 g/mol. The molecule has 2 heteroatoms. The van der Waals surface area contributed by atoms with E-state index in [9.17, 15) is 0 Å². The first-order chi connectivity index (χ1) is 8.31. The number of nitrogens with one attached hydrogen (secondary N) is 1. The van der Waals surface area contributed by atoms with Crippen LogP contribution in [0.2, 0.25) is 0 Å². The standard InChI is InChI=1S/C15H22N2/c1-2-13-7-6-11-17(12-10-13)15(16)14-8-4-3-5-9-14/h3-5,8-9,13,16H,2,6-7,10-12H2,1H3. The Kier molecular flexibility index (Phi) is 4.18. The molecule has 17 heavy (non-hydrogen) atoms. The van der Waals surface area contributed by atoms with Gasteiger partial charge in [0, 0.05) is 18.7 Å². The van der Waals surface area contributed by atoms with Crippen LogP contribution in [0.4, 0.5) is 0 Å². The van der Waals surface area contributed by atoms with Gasteiger partial charge in [0.15, 0.2) is 0 Å². The third-order valence-corrected chi connectivity index (χ3v) is 3.79. The number of hydrogen-bond acceptors (Lipinski definition) is 1. The Morgan fingerprint density at radius 3 is 2.71 bits per heavy atom. The Morgan fingerprint density at radius 1 is 1.24 bits per heavy atom. The zero-order valence-corrected chi connectivity index (χ0v) is 10.7. The van der Waals surface area contributed by atoms with E-state index in [0.29, 0.717) is 5.84 Å². The van der Waals surface area contributed by atoms with Crippen molar-refractivity contribution in [1.29, 1.82) is 5.41 Å². The lowest BCUT2D eigenvalue weighted by molar-refractivity contribution is 0.411. The van der Waals surface area contributed by atoms with Crippen molar-refractivity contribution in [3.05, 3.63) is 35.9 Å². The quantitative estimate of drug-likeness (QED) is 0.611. The van der Waals surface area contributed by atoms with E-state index < -0.39 is 0 Å². The van der Waals surface area contributed by atoms with Crippen LogP contribution in [0.25, 0.3) is 0 Å². The largest absolute Gasteiger partial charge is 0.357 e. The minimum absolute atomic E-state index is 0.697. The van der Waals surface area contributed by atoms with Crippen molar-refractivity contribution in [3.8, 4) is 0 Å². The van der Waals surface area contributed by atoms with Crippen molar-refractivity contribution in [1.82, 2.24) is 4.90 Å². The summed E-state index contributed by atoms with van der Waals surface area (Å²) in [5.41, 5.74) is 1.04. The van der Waals surface area contributed by atoms with Gasteiger partial charge in [-0.3, -0.25) is 5.41 Å². The highest BCUT2D eigenvalue weighted by molar-refractivity contribution is 5.96. The van der Waals surface area contributed by atoms with Crippen molar-refractivity contribution in [2.75, 3.05) is 13.1 Å². The molecule has 1 N–H and O–H groups in total. The topological polar surface area (TPSA) is 27.1 Å². The zero-order valence-electron chi connectivity index (χ0n) is 10.7. The predicted molar refractivity (Wildman–Crippen MR) is 72.5 cm³/mol. The summed E-state index contributed by atoms with van der Waals surface area (Å²) in [7, 11) is 0. The fraction of sp³-hybridized carbons (Fsp3) is 0.533. The van der Waals surface area contributed by atoms with Crippen LogP contribution >= 0.6 is 0 Å². The summed E-state index contributed by atoms with van der Waals surface area (Å²) in [4.78, 5) is 2.24. The van der Waals surface area contributed by atoms with E-state index in [2.05, 4.69) is 11.8 Å². The molecule has 1 heterocycles. The maximum atomic E-state index is 8.27. The molecule has 1 atom stereocenters. The highest BCUT2D eigenvalue weighted by atomic mass is 15.2. The summed E-state index contributed by atoms with van der Waals surface area (Å²) in [6.45, 7) is 4.37. The lowest BCUT2D eigenvalue weighted by atomic mass is 9.98. The van der Waals surface area contributed by atoms with E-state index in [-0.39, 0.29) is 0 Å². The number of hydrogen-bond donors (Lipinski definition) is 1. The van der Waals surface area contributed by atoms with E-state index >= 15 is 0 Å². The second-order valence-corrected chi connectivity index (χ2v) is 4.91. The van der Waals surface area contributed by atoms with Crippen LogP contribution in [0.15, 0.2) is 30.3 Å². The smallest absolute Gasteiger partial charge is 0.128 e. The number of rotatable bonds is 2. The van der Waals surface area contributed by atoms with Crippen LogP contribution in [-0.2, 0) is 0 Å². The molecule has 2 nitrogen and oxygen atoms in total. The fourth-order valence-electron chi connectivity index (χ4n) is 2.58. The summed E-state index contributed by atoms with van der Waals surface area (Å²) in [6.07, 6.45) is 5.08. The van der Waals surface area contributed by atoms with Crippen LogP contribution in [0.3, 0.4) is 0 Å². The minimum Gasteiger partial charge on any atom is -0.357 e. The molecule has 0 saturated carbocycles. The Balaban J connectivity index is 2.01. The van der Waals surface area contributed by atoms with Crippen molar-refractivity contribution in [2.24, 2.45) is 5.92 Å². The van der Waals surface area contributed by atoms with Gasteiger partial charge >= 0.3 is 0 Å². The van der Waals surface area contributed by atoms with Crippen molar-refractivity contribution in [3.63, 3.8) is 0 Å². The lowest BCUT2D eigenvalue weighted by Gasteiger charge is -2.23. The first-order valence-corrected chi connectivity index (χ1v) is 6.70. The maximum absolute atomic E-state index is 8.27. The Bertz CT molecular complexity index is 358. The molecule has 1 saturated heterocycles. The molecule has 1 fully saturated rings. The molecule has 2 rings (SSSR count). The molecular weight excluding hydrogens is 208 g/mol. The predicted octanol–water partition coefficient (Wildman–Crippen LogP) is 3.52. The Labute approximate surface area is 104 Å². The first kappa shape index (κ1) is 12.2. The fourth-order valence-corrected chi connectivity index (χ4v) is 2.58. The third kappa shape index (κ3) is 3.09. The second-order valence-electron chi connectivity index (χ2n) is 4.91. The molecule has 92 valence electrons. The molecular formula is C15H22N2. The van der Waals surface area contributed by atoms with Crippen LogP contribution in [0.1, 0.15) is 38.2 Å². The molecule has 1 aliphatic heterocycles. The first-order valence-electron chi connectivity index (χ1n) is 6.70. The normalized spacial score (nSPS) is 21.0. The molecule has 1 aromatic rings. The molecule has 1 aromatic carbocycles. The Hall–Kier alpha value is -1.31. The molecule has 1 aliphatic rings. The third-order valence-electron chi connectivity index (χ3n) is 3.79.